The standard InChI is InChI=1S/C17H14Br2FN3O5S/c1-29(26,27)23-17-21-13-3-2-9(7-14(13)22-17)28-15-10(18)4-8(5-11(15)19)6-12(20)16(24)25/h2-5,7,12H,6H2,1H3,(H,24,25)(H2,21,22,23). The number of nitrogens with one attached hydrogen (secondary N) is 2. The van der Waals surface area contributed by atoms with Crippen LogP contribution in [0.4, 0.5) is 10.3 Å². The van der Waals surface area contributed by atoms with Gasteiger partial charge in [-0.3, -0.25) is 4.72 Å². The minimum Gasteiger partial charge on any atom is -0.479 e. The first-order valence-electron chi connectivity index (χ1n) is 8.02. The summed E-state index contributed by atoms with van der Waals surface area (Å²) >= 11 is 6.70. The third kappa shape index (κ3) is 5.46. The summed E-state index contributed by atoms with van der Waals surface area (Å²) in [6.45, 7) is 0. The van der Waals surface area contributed by atoms with Crippen molar-refractivity contribution >= 4 is 64.8 Å². The molecule has 1 aromatic heterocycles. The predicted octanol–water partition coefficient (Wildman–Crippen LogP) is 4.22. The van der Waals surface area contributed by atoms with Crippen molar-refractivity contribution < 1.29 is 27.4 Å². The lowest BCUT2D eigenvalue weighted by Crippen LogP contribution is -2.17. The lowest BCUT2D eigenvalue weighted by molar-refractivity contribution is -0.142. The van der Waals surface area contributed by atoms with E-state index in [1.54, 1.807) is 30.3 Å². The highest BCUT2D eigenvalue weighted by Crippen LogP contribution is 2.38. The molecule has 8 nitrogen and oxygen atoms in total. The molecule has 1 heterocycles. The van der Waals surface area contributed by atoms with Crippen LogP contribution in [0.3, 0.4) is 0 Å². The zero-order chi connectivity index (χ0) is 21.3. The van der Waals surface area contributed by atoms with Gasteiger partial charge in [0.1, 0.15) is 5.75 Å². The number of benzene rings is 2. The molecule has 3 aromatic rings. The lowest BCUT2D eigenvalue weighted by Gasteiger charge is -2.12. The number of hydrogen-bond donors (Lipinski definition) is 3. The summed E-state index contributed by atoms with van der Waals surface area (Å²) in [5.74, 6) is -0.580. The van der Waals surface area contributed by atoms with Crippen LogP contribution in [0.15, 0.2) is 39.3 Å². The normalized spacial score (nSPS) is 12.7. The third-order valence-corrected chi connectivity index (χ3v) is 5.44. The quantitative estimate of drug-likeness (QED) is 0.405. The van der Waals surface area contributed by atoms with Crippen LogP contribution in [0.5, 0.6) is 11.5 Å². The van der Waals surface area contributed by atoms with E-state index in [2.05, 4.69) is 46.5 Å². The molecule has 0 radical (unpaired) electrons. The van der Waals surface area contributed by atoms with Gasteiger partial charge in [0.25, 0.3) is 0 Å². The number of halogens is 3. The van der Waals surface area contributed by atoms with Crippen molar-refractivity contribution in [3.63, 3.8) is 0 Å². The Morgan fingerprint density at radius 3 is 2.55 bits per heavy atom. The number of carbonyl (C=O) groups is 1. The van der Waals surface area contributed by atoms with Crippen LogP contribution in [0.1, 0.15) is 5.56 Å². The second-order valence-electron chi connectivity index (χ2n) is 6.14. The molecule has 0 saturated carbocycles. The molecule has 29 heavy (non-hydrogen) atoms. The van der Waals surface area contributed by atoms with Gasteiger partial charge in [0.05, 0.1) is 26.2 Å². The summed E-state index contributed by atoms with van der Waals surface area (Å²) in [5.41, 5.74) is 1.57. The molecular weight excluding hydrogens is 537 g/mol. The van der Waals surface area contributed by atoms with E-state index in [0.717, 1.165) is 6.26 Å². The van der Waals surface area contributed by atoms with Gasteiger partial charge in [0.15, 0.2) is 5.75 Å². The number of hydrogen-bond acceptors (Lipinski definition) is 5. The first-order valence-corrected chi connectivity index (χ1v) is 11.5. The van der Waals surface area contributed by atoms with E-state index in [1.807, 2.05) is 0 Å². The van der Waals surface area contributed by atoms with Crippen LogP contribution < -0.4 is 9.46 Å². The summed E-state index contributed by atoms with van der Waals surface area (Å²) in [5, 5.41) is 8.71. The number of aromatic nitrogens is 2. The molecule has 12 heteroatoms. The first kappa shape index (κ1) is 21.5. The van der Waals surface area contributed by atoms with Crippen molar-refractivity contribution in [1.29, 1.82) is 0 Å². The monoisotopic (exact) mass is 549 g/mol. The summed E-state index contributed by atoms with van der Waals surface area (Å²) in [6, 6.07) is 8.12. The molecule has 3 N–H and O–H groups in total. The fraction of sp³-hybridized carbons (Fsp3) is 0.176. The van der Waals surface area contributed by atoms with E-state index >= 15 is 0 Å². The number of carboxylic acids is 1. The molecule has 3 rings (SSSR count). The molecule has 2 aromatic carbocycles. The third-order valence-electron chi connectivity index (χ3n) is 3.70. The molecule has 1 unspecified atom stereocenters. The zero-order valence-electron chi connectivity index (χ0n) is 14.7. The zero-order valence-corrected chi connectivity index (χ0v) is 18.7. The summed E-state index contributed by atoms with van der Waals surface area (Å²) in [4.78, 5) is 17.7. The second-order valence-corrected chi connectivity index (χ2v) is 9.60. The molecule has 0 fully saturated rings. The summed E-state index contributed by atoms with van der Waals surface area (Å²) < 4.78 is 45.3. The molecule has 0 saturated heterocycles. The fourth-order valence-corrected chi connectivity index (χ4v) is 4.41. The average Bonchev–Trinajstić information content (AvgIpc) is 2.97. The Labute approximate surface area is 181 Å². The van der Waals surface area contributed by atoms with Crippen LogP contribution in [0.25, 0.3) is 11.0 Å². The van der Waals surface area contributed by atoms with Gasteiger partial charge < -0.3 is 14.8 Å². The highest BCUT2D eigenvalue weighted by atomic mass is 79.9. The maximum atomic E-state index is 13.5. The maximum Gasteiger partial charge on any atom is 0.338 e. The average molecular weight is 551 g/mol. The number of imidazole rings is 1. The van der Waals surface area contributed by atoms with E-state index in [0.29, 0.717) is 37.0 Å². The lowest BCUT2D eigenvalue weighted by atomic mass is 10.1. The Hall–Kier alpha value is -2.18. The number of nitrogens with zero attached hydrogens (tertiary/aromatic N) is 1. The summed E-state index contributed by atoms with van der Waals surface area (Å²) in [7, 11) is -3.46. The summed E-state index contributed by atoms with van der Waals surface area (Å²) in [6.07, 6.45) is -1.25. The molecule has 0 spiro atoms. The van der Waals surface area contributed by atoms with E-state index < -0.39 is 22.2 Å². The van der Waals surface area contributed by atoms with Crippen molar-refractivity contribution in [2.24, 2.45) is 0 Å². The van der Waals surface area contributed by atoms with Crippen LogP contribution >= 0.6 is 31.9 Å². The van der Waals surface area contributed by atoms with Crippen molar-refractivity contribution in [2.45, 2.75) is 12.6 Å². The molecule has 0 aliphatic rings. The molecular formula is C17H14Br2FN3O5S. The Kier molecular flexibility index (Phi) is 6.15. The van der Waals surface area contributed by atoms with Gasteiger partial charge in [-0.25, -0.2) is 22.6 Å². The predicted molar refractivity (Wildman–Crippen MR) is 113 cm³/mol. The Bertz CT molecular complexity index is 1180. The van der Waals surface area contributed by atoms with Crippen LogP contribution in [0, 0.1) is 0 Å². The van der Waals surface area contributed by atoms with Crippen molar-refractivity contribution in [1.82, 2.24) is 9.97 Å². The number of alkyl halides is 1. The number of ether oxygens (including phenoxy) is 1. The Morgan fingerprint density at radius 2 is 1.97 bits per heavy atom. The molecule has 0 aliphatic carbocycles. The number of rotatable bonds is 7. The molecule has 0 amide bonds. The van der Waals surface area contributed by atoms with Gasteiger partial charge in [0.2, 0.25) is 22.1 Å². The van der Waals surface area contributed by atoms with E-state index in [1.165, 1.54) is 0 Å². The van der Waals surface area contributed by atoms with Crippen LogP contribution in [0.2, 0.25) is 0 Å². The number of fused-ring (bicyclic) bond motifs is 1. The minimum atomic E-state index is -3.46. The highest BCUT2D eigenvalue weighted by Gasteiger charge is 2.19. The number of sulfonamides is 1. The molecule has 154 valence electrons. The van der Waals surface area contributed by atoms with Gasteiger partial charge in [-0.15, -0.1) is 0 Å². The number of carboxylic acid groups (broad SMARTS) is 1. The van der Waals surface area contributed by atoms with E-state index in [4.69, 9.17) is 9.84 Å². The van der Waals surface area contributed by atoms with Crippen molar-refractivity contribution in [3.05, 3.63) is 44.8 Å². The Morgan fingerprint density at radius 1 is 1.31 bits per heavy atom. The topological polar surface area (TPSA) is 121 Å². The van der Waals surface area contributed by atoms with E-state index in [9.17, 15) is 17.6 Å². The number of aromatic amines is 1. The van der Waals surface area contributed by atoms with Crippen molar-refractivity contribution in [3.8, 4) is 11.5 Å². The molecule has 1 atom stereocenters. The van der Waals surface area contributed by atoms with Gasteiger partial charge in [-0.2, -0.15) is 0 Å². The second kappa shape index (κ2) is 8.28. The molecule has 0 aliphatic heterocycles. The van der Waals surface area contributed by atoms with Crippen molar-refractivity contribution in [2.75, 3.05) is 11.0 Å². The Balaban J connectivity index is 1.85. The maximum absolute atomic E-state index is 13.5. The van der Waals surface area contributed by atoms with E-state index in [-0.39, 0.29) is 12.4 Å². The minimum absolute atomic E-state index is 0.0885. The first-order chi connectivity index (χ1) is 13.5. The van der Waals surface area contributed by atoms with Crippen LogP contribution in [-0.4, -0.2) is 41.9 Å². The fourth-order valence-electron chi connectivity index (χ4n) is 2.52. The van der Waals surface area contributed by atoms with Crippen LogP contribution in [-0.2, 0) is 21.2 Å². The number of H-pyrrole nitrogens is 1. The van der Waals surface area contributed by atoms with Gasteiger partial charge in [-0.05, 0) is 61.7 Å². The van der Waals surface area contributed by atoms with Gasteiger partial charge >= 0.3 is 5.97 Å². The number of aliphatic carboxylic acids is 1. The smallest absolute Gasteiger partial charge is 0.338 e. The largest absolute Gasteiger partial charge is 0.479 e. The molecule has 0 bridgehead atoms. The van der Waals surface area contributed by atoms with Gasteiger partial charge in [0, 0.05) is 12.5 Å². The van der Waals surface area contributed by atoms with Gasteiger partial charge in [-0.1, -0.05) is 0 Å². The SMILES string of the molecule is CS(=O)(=O)Nc1nc2ccc(Oc3c(Br)cc(CC(F)C(=O)O)cc3Br)cc2[nH]1. The highest BCUT2D eigenvalue weighted by molar-refractivity contribution is 9.11. The number of anilines is 1.